The normalized spacial score (nSPS) is 10.8. The van der Waals surface area contributed by atoms with E-state index in [1.54, 1.807) is 18.2 Å². The maximum Gasteiger partial charge on any atom is 0.295 e. The van der Waals surface area contributed by atoms with Gasteiger partial charge in [0.1, 0.15) is 23.7 Å². The van der Waals surface area contributed by atoms with Gasteiger partial charge in [-0.1, -0.05) is 12.7 Å². The number of fused-ring (bicyclic) bond motifs is 1. The van der Waals surface area contributed by atoms with E-state index in [-0.39, 0.29) is 25.0 Å². The molecule has 1 aromatic carbocycles. The second kappa shape index (κ2) is 7.30. The maximum absolute atomic E-state index is 13.9. The van der Waals surface area contributed by atoms with E-state index in [1.807, 2.05) is 6.92 Å². The summed E-state index contributed by atoms with van der Waals surface area (Å²) in [4.78, 5) is 8.14. The number of aromatic nitrogens is 3. The number of anilines is 1. The lowest BCUT2D eigenvalue weighted by molar-refractivity contribution is 0.328. The van der Waals surface area contributed by atoms with Crippen LogP contribution in [0.4, 0.5) is 10.2 Å². The van der Waals surface area contributed by atoms with Crippen LogP contribution in [0.2, 0.25) is 0 Å². The number of nitrogen functional groups attached to an aromatic ring is 1. The van der Waals surface area contributed by atoms with Gasteiger partial charge in [0.15, 0.2) is 5.82 Å². The molecule has 0 atom stereocenters. The molecule has 0 radical (unpaired) electrons. The van der Waals surface area contributed by atoms with Crippen molar-refractivity contribution in [2.45, 2.75) is 13.5 Å². The number of halogens is 1. The molecule has 0 amide bonds. The Hall–Kier alpha value is -3.29. The van der Waals surface area contributed by atoms with Gasteiger partial charge in [0.05, 0.1) is 18.7 Å². The van der Waals surface area contributed by atoms with Gasteiger partial charge in [-0.15, -0.1) is 0 Å². The lowest BCUT2D eigenvalue weighted by Gasteiger charge is -2.10. The van der Waals surface area contributed by atoms with Crippen LogP contribution in [-0.4, -0.2) is 32.9 Å². The standard InChI is InChI=1S/C18H19FN4O3/c1-3-5-26-13-7-11(6-12(19)8-13)10-23-14-9-15(25-4-2)21-17(20)16(14)22-18(23)24/h3,6-9H,1,4-5,10H2,2H3,(H2,20,21)(H,22,24). The molecule has 0 aliphatic carbocycles. The number of benzene rings is 1. The summed E-state index contributed by atoms with van der Waals surface area (Å²) in [5.74, 6) is 0.406. The van der Waals surface area contributed by atoms with E-state index >= 15 is 0 Å². The molecule has 3 aromatic rings. The molecule has 0 unspecified atom stereocenters. The Morgan fingerprint density at radius 1 is 1.27 bits per heavy atom. The fraction of sp³-hybridized carbons (Fsp3) is 0.222. The number of imidazole rings is 1. The molecule has 136 valence electrons. The van der Waals surface area contributed by atoms with Crippen LogP contribution < -0.4 is 15.2 Å². The maximum atomic E-state index is 13.9. The molecule has 0 saturated heterocycles. The third-order valence-corrected chi connectivity index (χ3v) is 3.65. The fourth-order valence-corrected chi connectivity index (χ4v) is 2.62. The molecule has 0 spiro atoms. The molecule has 26 heavy (non-hydrogen) atoms. The van der Waals surface area contributed by atoms with Gasteiger partial charge in [-0.05, 0) is 24.6 Å². The first-order valence-electron chi connectivity index (χ1n) is 8.03. The lowest BCUT2D eigenvalue weighted by Crippen LogP contribution is -2.03. The largest absolute Gasteiger partial charge is 0.489 e. The Bertz CT molecular complexity index is 955. The number of hydrogen-bond acceptors (Lipinski definition) is 6. The van der Waals surface area contributed by atoms with Gasteiger partial charge >= 0.3 is 0 Å². The Labute approximate surface area is 149 Å². The summed E-state index contributed by atoms with van der Waals surface area (Å²) in [5, 5.41) is 10.2. The van der Waals surface area contributed by atoms with E-state index < -0.39 is 5.82 Å². The second-order valence-electron chi connectivity index (χ2n) is 5.54. The molecule has 2 aromatic heterocycles. The van der Waals surface area contributed by atoms with E-state index in [4.69, 9.17) is 15.2 Å². The summed E-state index contributed by atoms with van der Waals surface area (Å²) in [5.41, 5.74) is 7.38. The van der Waals surface area contributed by atoms with Gasteiger partial charge in [-0.2, -0.15) is 9.97 Å². The van der Waals surface area contributed by atoms with E-state index in [9.17, 15) is 9.50 Å². The van der Waals surface area contributed by atoms with E-state index in [0.717, 1.165) is 0 Å². The highest BCUT2D eigenvalue weighted by Crippen LogP contribution is 2.29. The van der Waals surface area contributed by atoms with Crippen molar-refractivity contribution in [3.05, 3.63) is 48.3 Å². The van der Waals surface area contributed by atoms with Crippen molar-refractivity contribution < 1.29 is 19.0 Å². The van der Waals surface area contributed by atoms with Gasteiger partial charge < -0.3 is 20.3 Å². The minimum atomic E-state index is -0.443. The smallest absolute Gasteiger partial charge is 0.295 e. The third-order valence-electron chi connectivity index (χ3n) is 3.65. The molecule has 3 rings (SSSR count). The zero-order valence-electron chi connectivity index (χ0n) is 14.3. The quantitative estimate of drug-likeness (QED) is 0.631. The van der Waals surface area contributed by atoms with Crippen LogP contribution in [0.5, 0.6) is 17.6 Å². The van der Waals surface area contributed by atoms with Crippen molar-refractivity contribution in [3.8, 4) is 17.6 Å². The highest BCUT2D eigenvalue weighted by Gasteiger charge is 2.16. The Balaban J connectivity index is 2.01. The fourth-order valence-electron chi connectivity index (χ4n) is 2.62. The summed E-state index contributed by atoms with van der Waals surface area (Å²) in [7, 11) is 0. The molecule has 2 heterocycles. The van der Waals surface area contributed by atoms with Crippen molar-refractivity contribution >= 4 is 16.9 Å². The molecule has 0 fully saturated rings. The third kappa shape index (κ3) is 3.53. The Kier molecular flexibility index (Phi) is 4.92. The first-order chi connectivity index (χ1) is 12.5. The number of hydrogen-bond donors (Lipinski definition) is 2. The van der Waals surface area contributed by atoms with Crippen molar-refractivity contribution in [2.24, 2.45) is 0 Å². The highest BCUT2D eigenvalue weighted by molar-refractivity contribution is 5.87. The molecule has 3 N–H and O–H groups in total. The Morgan fingerprint density at radius 3 is 2.81 bits per heavy atom. The molecule has 0 aliphatic rings. The molecular weight excluding hydrogens is 339 g/mol. The average molecular weight is 358 g/mol. The van der Waals surface area contributed by atoms with E-state index in [1.165, 1.54) is 16.7 Å². The Morgan fingerprint density at radius 2 is 2.08 bits per heavy atom. The topological polar surface area (TPSA) is 95.4 Å². The van der Waals surface area contributed by atoms with Gasteiger partial charge in [0.25, 0.3) is 6.01 Å². The van der Waals surface area contributed by atoms with Gasteiger partial charge in [0.2, 0.25) is 5.88 Å². The average Bonchev–Trinajstić information content (AvgIpc) is 2.90. The molecule has 0 aliphatic heterocycles. The van der Waals surface area contributed by atoms with Crippen LogP contribution in [0, 0.1) is 5.82 Å². The van der Waals surface area contributed by atoms with Crippen molar-refractivity contribution in [3.63, 3.8) is 0 Å². The minimum absolute atomic E-state index is 0.147. The first kappa shape index (κ1) is 17.5. The summed E-state index contributed by atoms with van der Waals surface area (Å²) in [6.45, 7) is 6.25. The van der Waals surface area contributed by atoms with Crippen LogP contribution >= 0.6 is 0 Å². The van der Waals surface area contributed by atoms with Crippen LogP contribution in [-0.2, 0) is 6.54 Å². The molecule has 0 bridgehead atoms. The monoisotopic (exact) mass is 358 g/mol. The van der Waals surface area contributed by atoms with Crippen molar-refractivity contribution in [1.29, 1.82) is 0 Å². The number of nitrogens with two attached hydrogens (primary N) is 1. The zero-order valence-corrected chi connectivity index (χ0v) is 14.3. The SMILES string of the molecule is C=CCOc1cc(F)cc(Cn2c(O)nc3c(N)nc(OCC)cc32)c1. The van der Waals surface area contributed by atoms with Crippen LogP contribution in [0.15, 0.2) is 36.9 Å². The summed E-state index contributed by atoms with van der Waals surface area (Å²) >= 11 is 0. The number of ether oxygens (including phenoxy) is 2. The summed E-state index contributed by atoms with van der Waals surface area (Å²) < 4.78 is 26.2. The van der Waals surface area contributed by atoms with Crippen molar-refractivity contribution in [2.75, 3.05) is 18.9 Å². The number of aromatic hydroxyl groups is 1. The number of pyridine rings is 1. The predicted octanol–water partition coefficient (Wildman–Crippen LogP) is 2.87. The van der Waals surface area contributed by atoms with E-state index in [0.29, 0.717) is 34.8 Å². The molecule has 7 nitrogen and oxygen atoms in total. The first-order valence-corrected chi connectivity index (χ1v) is 8.03. The molecule has 0 saturated carbocycles. The number of nitrogens with zero attached hydrogens (tertiary/aromatic N) is 3. The second-order valence-corrected chi connectivity index (χ2v) is 5.54. The van der Waals surface area contributed by atoms with Crippen LogP contribution in [0.1, 0.15) is 12.5 Å². The van der Waals surface area contributed by atoms with Crippen LogP contribution in [0.3, 0.4) is 0 Å². The zero-order chi connectivity index (χ0) is 18.7. The molecular formula is C18H19FN4O3. The van der Waals surface area contributed by atoms with Crippen LogP contribution in [0.25, 0.3) is 11.0 Å². The van der Waals surface area contributed by atoms with Gasteiger partial charge in [0, 0.05) is 12.1 Å². The number of rotatable bonds is 7. The summed E-state index contributed by atoms with van der Waals surface area (Å²) in [6, 6.07) is 5.72. The predicted molar refractivity (Wildman–Crippen MR) is 96.0 cm³/mol. The highest BCUT2D eigenvalue weighted by atomic mass is 19.1. The van der Waals surface area contributed by atoms with Gasteiger partial charge in [-0.25, -0.2) is 4.39 Å². The van der Waals surface area contributed by atoms with Crippen molar-refractivity contribution in [1.82, 2.24) is 14.5 Å². The minimum Gasteiger partial charge on any atom is -0.489 e. The van der Waals surface area contributed by atoms with Gasteiger partial charge in [-0.3, -0.25) is 4.57 Å². The summed E-state index contributed by atoms with van der Waals surface area (Å²) in [6.07, 6.45) is 1.57. The molecule has 8 heteroatoms. The van der Waals surface area contributed by atoms with E-state index in [2.05, 4.69) is 16.5 Å². The lowest BCUT2D eigenvalue weighted by atomic mass is 10.2.